The molecule has 0 saturated heterocycles. The summed E-state index contributed by atoms with van der Waals surface area (Å²) >= 11 is 1.18. The molecular weight excluding hydrogens is 334 g/mol. The molecule has 0 fully saturated rings. The van der Waals surface area contributed by atoms with Gasteiger partial charge in [-0.1, -0.05) is 44.7 Å². The van der Waals surface area contributed by atoms with Crippen molar-refractivity contribution in [3.8, 4) is 0 Å². The van der Waals surface area contributed by atoms with Crippen LogP contribution in [0.4, 0.5) is 11.4 Å². The highest BCUT2D eigenvalue weighted by atomic mass is 32.1. The van der Waals surface area contributed by atoms with Gasteiger partial charge in [0.25, 0.3) is 11.8 Å². The van der Waals surface area contributed by atoms with Crippen LogP contribution in [-0.4, -0.2) is 18.4 Å². The van der Waals surface area contributed by atoms with E-state index in [4.69, 9.17) is 5.73 Å². The number of unbranched alkanes of at least 4 members (excludes halogenated alkanes) is 4. The van der Waals surface area contributed by atoms with Crippen LogP contribution in [0.1, 0.15) is 58.4 Å². The zero-order valence-electron chi connectivity index (χ0n) is 14.5. The fourth-order valence-electron chi connectivity index (χ4n) is 2.39. The van der Waals surface area contributed by atoms with E-state index in [0.29, 0.717) is 27.7 Å². The van der Waals surface area contributed by atoms with Gasteiger partial charge >= 0.3 is 0 Å². The molecule has 25 heavy (non-hydrogen) atoms. The van der Waals surface area contributed by atoms with Crippen molar-refractivity contribution in [2.45, 2.75) is 39.0 Å². The normalized spacial score (nSPS) is 10.4. The first-order chi connectivity index (χ1) is 12.1. The molecule has 134 valence electrons. The van der Waals surface area contributed by atoms with Crippen LogP contribution in [0, 0.1) is 0 Å². The molecule has 2 aromatic rings. The Balaban J connectivity index is 1.83. The summed E-state index contributed by atoms with van der Waals surface area (Å²) in [6.45, 7) is 2.85. The van der Waals surface area contributed by atoms with E-state index in [0.717, 1.165) is 12.8 Å². The topological polar surface area (TPSA) is 84.2 Å². The number of amides is 2. The monoisotopic (exact) mass is 359 g/mol. The molecule has 0 unspecified atom stereocenters. The highest BCUT2D eigenvalue weighted by molar-refractivity contribution is 7.16. The molecule has 0 aliphatic carbocycles. The Morgan fingerprint density at radius 2 is 1.64 bits per heavy atom. The number of carbonyl (C=O) groups is 2. The van der Waals surface area contributed by atoms with E-state index in [2.05, 4.69) is 17.6 Å². The second-order valence-electron chi connectivity index (χ2n) is 5.88. The molecule has 4 N–H and O–H groups in total. The molecule has 0 atom stereocenters. The van der Waals surface area contributed by atoms with Crippen molar-refractivity contribution in [2.75, 3.05) is 17.6 Å². The van der Waals surface area contributed by atoms with Crippen molar-refractivity contribution < 1.29 is 9.59 Å². The Hall–Kier alpha value is -2.34. The van der Waals surface area contributed by atoms with E-state index in [1.807, 2.05) is 0 Å². The zero-order valence-corrected chi connectivity index (χ0v) is 15.3. The standard InChI is InChI=1S/C19H25N3O2S/c1-2-3-4-5-8-13-21-18(23)16-11-12-17(25-16)19(24)22-15-10-7-6-9-14(15)20/h6-7,9-12H,2-5,8,13,20H2,1H3,(H,21,23)(H,22,24). The minimum absolute atomic E-state index is 0.126. The second kappa shape index (κ2) is 9.84. The van der Waals surface area contributed by atoms with Crippen LogP contribution in [0.15, 0.2) is 36.4 Å². The minimum atomic E-state index is -0.262. The minimum Gasteiger partial charge on any atom is -0.397 e. The van der Waals surface area contributed by atoms with Gasteiger partial charge in [0.1, 0.15) is 0 Å². The van der Waals surface area contributed by atoms with Gasteiger partial charge in [0, 0.05) is 6.54 Å². The molecule has 0 radical (unpaired) electrons. The third-order valence-corrected chi connectivity index (χ3v) is 4.91. The number of nitrogen functional groups attached to an aromatic ring is 1. The number of thiophene rings is 1. The van der Waals surface area contributed by atoms with Gasteiger partial charge in [-0.05, 0) is 30.7 Å². The number of para-hydroxylation sites is 2. The number of hydrogen-bond donors (Lipinski definition) is 3. The van der Waals surface area contributed by atoms with Gasteiger partial charge in [0.2, 0.25) is 0 Å². The maximum Gasteiger partial charge on any atom is 0.265 e. The fourth-order valence-corrected chi connectivity index (χ4v) is 3.21. The van der Waals surface area contributed by atoms with Crippen LogP contribution >= 0.6 is 11.3 Å². The molecule has 0 aliphatic heterocycles. The lowest BCUT2D eigenvalue weighted by molar-refractivity contribution is 0.0956. The SMILES string of the molecule is CCCCCCCNC(=O)c1ccc(C(=O)Nc2ccccc2N)s1. The molecule has 0 spiro atoms. The summed E-state index contributed by atoms with van der Waals surface area (Å²) in [6, 6.07) is 10.4. The van der Waals surface area contributed by atoms with Gasteiger partial charge in [-0.3, -0.25) is 9.59 Å². The van der Waals surface area contributed by atoms with Gasteiger partial charge in [-0.25, -0.2) is 0 Å². The van der Waals surface area contributed by atoms with Crippen LogP contribution < -0.4 is 16.4 Å². The average molecular weight is 359 g/mol. The number of nitrogens with one attached hydrogen (secondary N) is 2. The molecule has 2 rings (SSSR count). The van der Waals surface area contributed by atoms with Gasteiger partial charge in [-0.2, -0.15) is 0 Å². The number of carbonyl (C=O) groups excluding carboxylic acids is 2. The lowest BCUT2D eigenvalue weighted by atomic mass is 10.1. The van der Waals surface area contributed by atoms with E-state index < -0.39 is 0 Å². The van der Waals surface area contributed by atoms with Crippen molar-refractivity contribution in [2.24, 2.45) is 0 Å². The van der Waals surface area contributed by atoms with E-state index >= 15 is 0 Å². The van der Waals surface area contributed by atoms with Crippen molar-refractivity contribution >= 4 is 34.5 Å². The lowest BCUT2D eigenvalue weighted by Crippen LogP contribution is -2.23. The Morgan fingerprint density at radius 3 is 2.36 bits per heavy atom. The van der Waals surface area contributed by atoms with Gasteiger partial charge in [0.05, 0.1) is 21.1 Å². The summed E-state index contributed by atoms with van der Waals surface area (Å²) in [5.74, 6) is -0.389. The van der Waals surface area contributed by atoms with E-state index in [9.17, 15) is 9.59 Å². The third kappa shape index (κ3) is 5.90. The van der Waals surface area contributed by atoms with Crippen LogP contribution in [0.5, 0.6) is 0 Å². The molecule has 0 aliphatic rings. The maximum atomic E-state index is 12.3. The molecule has 2 amide bonds. The predicted molar refractivity (Wildman–Crippen MR) is 104 cm³/mol. The molecule has 1 aromatic carbocycles. The van der Waals surface area contributed by atoms with Crippen LogP contribution in [0.25, 0.3) is 0 Å². The Kier molecular flexibility index (Phi) is 7.47. The zero-order chi connectivity index (χ0) is 18.1. The second-order valence-corrected chi connectivity index (χ2v) is 6.96. The number of hydrogen-bond acceptors (Lipinski definition) is 4. The first-order valence-electron chi connectivity index (χ1n) is 8.65. The first-order valence-corrected chi connectivity index (χ1v) is 9.47. The number of anilines is 2. The average Bonchev–Trinajstić information content (AvgIpc) is 3.10. The summed E-state index contributed by atoms with van der Waals surface area (Å²) in [5.41, 5.74) is 6.90. The van der Waals surface area contributed by atoms with E-state index in [-0.39, 0.29) is 11.8 Å². The number of rotatable bonds is 9. The molecular formula is C19H25N3O2S. The van der Waals surface area contributed by atoms with Crippen molar-refractivity contribution in [3.05, 3.63) is 46.2 Å². The van der Waals surface area contributed by atoms with Crippen LogP contribution in [0.2, 0.25) is 0 Å². The quantitative estimate of drug-likeness (QED) is 0.461. The van der Waals surface area contributed by atoms with Crippen molar-refractivity contribution in [3.63, 3.8) is 0 Å². The summed E-state index contributed by atoms with van der Waals surface area (Å²) in [4.78, 5) is 25.4. The highest BCUT2D eigenvalue weighted by Crippen LogP contribution is 2.21. The molecule has 0 saturated carbocycles. The Bertz CT molecular complexity index is 712. The molecule has 5 nitrogen and oxygen atoms in total. The summed E-state index contributed by atoms with van der Waals surface area (Å²) in [5, 5.41) is 5.67. The first kappa shape index (κ1) is 19.0. The van der Waals surface area contributed by atoms with Crippen LogP contribution in [-0.2, 0) is 0 Å². The summed E-state index contributed by atoms with van der Waals surface area (Å²) in [7, 11) is 0. The number of benzene rings is 1. The molecule has 1 heterocycles. The Morgan fingerprint density at radius 1 is 0.960 bits per heavy atom. The summed E-state index contributed by atoms with van der Waals surface area (Å²) in [6.07, 6.45) is 5.77. The highest BCUT2D eigenvalue weighted by Gasteiger charge is 2.14. The van der Waals surface area contributed by atoms with Gasteiger partial charge in [0.15, 0.2) is 0 Å². The molecule has 0 bridgehead atoms. The Labute approximate surface area is 152 Å². The third-order valence-electron chi connectivity index (χ3n) is 3.83. The van der Waals surface area contributed by atoms with E-state index in [1.165, 1.54) is 30.6 Å². The predicted octanol–water partition coefficient (Wildman–Crippen LogP) is 4.28. The lowest BCUT2D eigenvalue weighted by Gasteiger charge is -2.06. The van der Waals surface area contributed by atoms with Crippen molar-refractivity contribution in [1.29, 1.82) is 0 Å². The van der Waals surface area contributed by atoms with Crippen LogP contribution in [0.3, 0.4) is 0 Å². The van der Waals surface area contributed by atoms with Crippen molar-refractivity contribution in [1.82, 2.24) is 5.32 Å². The van der Waals surface area contributed by atoms with Gasteiger partial charge in [-0.15, -0.1) is 11.3 Å². The summed E-state index contributed by atoms with van der Waals surface area (Å²) < 4.78 is 0. The largest absolute Gasteiger partial charge is 0.397 e. The smallest absolute Gasteiger partial charge is 0.265 e. The maximum absolute atomic E-state index is 12.3. The van der Waals surface area contributed by atoms with Gasteiger partial charge < -0.3 is 16.4 Å². The molecule has 6 heteroatoms. The fraction of sp³-hybridized carbons (Fsp3) is 0.368. The molecule has 1 aromatic heterocycles. The number of nitrogens with two attached hydrogens (primary N) is 1. The van der Waals surface area contributed by atoms with E-state index in [1.54, 1.807) is 36.4 Å².